The normalized spacial score (nSPS) is 16.1. The Morgan fingerprint density at radius 2 is 1.89 bits per heavy atom. The lowest BCUT2D eigenvalue weighted by Crippen LogP contribution is -2.35. The van der Waals surface area contributed by atoms with Crippen molar-refractivity contribution in [1.29, 1.82) is 5.41 Å². The summed E-state index contributed by atoms with van der Waals surface area (Å²) in [6, 6.07) is 13.3. The third kappa shape index (κ3) is 6.15. The van der Waals surface area contributed by atoms with Gasteiger partial charge in [0.2, 0.25) is 5.17 Å². The molecule has 0 radical (unpaired) electrons. The average Bonchev–Trinajstić information content (AvgIpc) is 3.27. The molecule has 0 bridgehead atoms. The second-order valence-corrected chi connectivity index (χ2v) is 9.31. The second-order valence-electron chi connectivity index (χ2n) is 8.27. The van der Waals surface area contributed by atoms with Gasteiger partial charge in [0.05, 0.1) is 12.2 Å². The van der Waals surface area contributed by atoms with Gasteiger partial charge in [-0.3, -0.25) is 10.2 Å². The van der Waals surface area contributed by atoms with Gasteiger partial charge < -0.3 is 14.2 Å². The molecule has 0 atom stereocenters. The Morgan fingerprint density at radius 1 is 1.06 bits per heavy atom. The fraction of sp³-hybridized carbons (Fsp3) is 0.333. The van der Waals surface area contributed by atoms with Crippen LogP contribution in [0.5, 0.6) is 17.2 Å². The number of amides is 1. The minimum atomic E-state index is -0.447. The Hall–Kier alpha value is -3.59. The molecule has 4 rings (SSSR count). The Balaban J connectivity index is 1.45. The summed E-state index contributed by atoms with van der Waals surface area (Å²) in [6.45, 7) is 7.22. The Bertz CT molecular complexity index is 1240. The van der Waals surface area contributed by atoms with Gasteiger partial charge >= 0.3 is 0 Å². The van der Waals surface area contributed by atoms with Crippen molar-refractivity contribution in [2.24, 2.45) is 10.1 Å². The third-order valence-electron chi connectivity index (χ3n) is 5.42. The number of rotatable bonds is 11. The maximum Gasteiger partial charge on any atom is 0.283 e. The highest BCUT2D eigenvalue weighted by molar-refractivity contribution is 8.26. The highest BCUT2D eigenvalue weighted by atomic mass is 32.2. The van der Waals surface area contributed by atoms with Gasteiger partial charge in [0, 0.05) is 0 Å². The van der Waals surface area contributed by atoms with E-state index in [0.29, 0.717) is 42.1 Å². The summed E-state index contributed by atoms with van der Waals surface area (Å²) in [6.07, 6.45) is 4.51. The summed E-state index contributed by atoms with van der Waals surface area (Å²) in [5, 5.41) is 15.8. The van der Waals surface area contributed by atoms with Crippen LogP contribution >= 0.6 is 11.8 Å². The van der Waals surface area contributed by atoms with Crippen LogP contribution in [0.3, 0.4) is 0 Å². The van der Waals surface area contributed by atoms with E-state index in [0.717, 1.165) is 35.6 Å². The zero-order valence-corrected chi connectivity index (χ0v) is 21.6. The van der Waals surface area contributed by atoms with Gasteiger partial charge in [-0.1, -0.05) is 31.5 Å². The number of aryl methyl sites for hydroxylation is 1. The standard InChI is InChI=1S/C27H30N4O4S/c1-4-6-10-24-30-31-25(28)21(26(32)29-27(31)36-24)16-19-11-12-22(23(17-19)33-5-2)35-14-13-34-20-9-7-8-18(3)15-20/h7-9,11-12,15-17,28H,4-6,10,13-14H2,1-3H3. The monoisotopic (exact) mass is 506 g/mol. The molecule has 36 heavy (non-hydrogen) atoms. The number of carbonyl (C=O) groups is 1. The molecule has 1 N–H and O–H groups in total. The highest BCUT2D eigenvalue weighted by Gasteiger charge is 2.35. The van der Waals surface area contributed by atoms with Crippen molar-refractivity contribution in [3.63, 3.8) is 0 Å². The molecule has 2 aromatic rings. The van der Waals surface area contributed by atoms with E-state index in [1.807, 2.05) is 44.2 Å². The number of fused-ring (bicyclic) bond motifs is 1. The number of nitrogens with zero attached hydrogens (tertiary/aromatic N) is 3. The zero-order chi connectivity index (χ0) is 25.5. The number of hydrazone groups is 1. The predicted molar refractivity (Wildman–Crippen MR) is 144 cm³/mol. The van der Waals surface area contributed by atoms with Crippen LogP contribution in [0.2, 0.25) is 0 Å². The number of amidine groups is 2. The summed E-state index contributed by atoms with van der Waals surface area (Å²) < 4.78 is 17.4. The van der Waals surface area contributed by atoms with Crippen molar-refractivity contribution in [1.82, 2.24) is 5.01 Å². The number of aliphatic imine (C=N–C) groups is 1. The fourth-order valence-electron chi connectivity index (χ4n) is 3.65. The summed E-state index contributed by atoms with van der Waals surface area (Å²) in [5.74, 6) is 1.51. The van der Waals surface area contributed by atoms with Crippen LogP contribution < -0.4 is 14.2 Å². The Labute approximate surface area is 215 Å². The minimum absolute atomic E-state index is 0.0237. The van der Waals surface area contributed by atoms with E-state index in [4.69, 9.17) is 19.6 Å². The number of hydrogen-bond donors (Lipinski definition) is 1. The Kier molecular flexibility index (Phi) is 8.43. The highest BCUT2D eigenvalue weighted by Crippen LogP contribution is 2.32. The van der Waals surface area contributed by atoms with E-state index in [9.17, 15) is 4.79 Å². The molecule has 0 aliphatic carbocycles. The van der Waals surface area contributed by atoms with Crippen LogP contribution in [0.15, 0.2) is 58.1 Å². The molecule has 2 aliphatic rings. The number of benzene rings is 2. The smallest absolute Gasteiger partial charge is 0.283 e. The van der Waals surface area contributed by atoms with Crippen LogP contribution in [0.25, 0.3) is 6.08 Å². The van der Waals surface area contributed by atoms with Gasteiger partial charge in [-0.05, 0) is 79.9 Å². The van der Waals surface area contributed by atoms with Gasteiger partial charge in [-0.2, -0.15) is 15.1 Å². The molecule has 2 aromatic carbocycles. The van der Waals surface area contributed by atoms with Gasteiger partial charge in [0.15, 0.2) is 17.3 Å². The molecular formula is C27H30N4O4S. The van der Waals surface area contributed by atoms with Gasteiger partial charge in [0.1, 0.15) is 24.0 Å². The number of thioether (sulfide) groups is 1. The van der Waals surface area contributed by atoms with Gasteiger partial charge in [-0.15, -0.1) is 0 Å². The van der Waals surface area contributed by atoms with Crippen molar-refractivity contribution in [3.8, 4) is 17.2 Å². The Morgan fingerprint density at radius 3 is 2.67 bits per heavy atom. The summed E-state index contributed by atoms with van der Waals surface area (Å²) in [7, 11) is 0. The van der Waals surface area contributed by atoms with Crippen LogP contribution in [-0.2, 0) is 4.79 Å². The lowest BCUT2D eigenvalue weighted by Gasteiger charge is -2.20. The quantitative estimate of drug-likeness (QED) is 0.312. The summed E-state index contributed by atoms with van der Waals surface area (Å²) in [4.78, 5) is 16.9. The number of ether oxygens (including phenoxy) is 3. The van der Waals surface area contributed by atoms with E-state index in [1.165, 1.54) is 16.8 Å². The molecule has 8 nitrogen and oxygen atoms in total. The van der Waals surface area contributed by atoms with Gasteiger partial charge in [0.25, 0.3) is 5.91 Å². The van der Waals surface area contributed by atoms with Crippen LogP contribution in [0, 0.1) is 12.3 Å². The van der Waals surface area contributed by atoms with Crippen molar-refractivity contribution in [2.45, 2.75) is 40.0 Å². The topological polar surface area (TPSA) is 96.6 Å². The van der Waals surface area contributed by atoms with Crippen LogP contribution in [0.4, 0.5) is 0 Å². The molecule has 0 aromatic heterocycles. The lowest BCUT2D eigenvalue weighted by molar-refractivity contribution is -0.114. The molecule has 2 heterocycles. The molecule has 1 amide bonds. The maximum absolute atomic E-state index is 12.7. The summed E-state index contributed by atoms with van der Waals surface area (Å²) in [5.41, 5.74) is 2.02. The molecule has 0 saturated carbocycles. The van der Waals surface area contributed by atoms with Crippen molar-refractivity contribution < 1.29 is 19.0 Å². The zero-order valence-electron chi connectivity index (χ0n) is 20.7. The predicted octanol–water partition coefficient (Wildman–Crippen LogP) is 5.66. The first-order chi connectivity index (χ1) is 17.5. The molecule has 2 aliphatic heterocycles. The van der Waals surface area contributed by atoms with E-state index in [2.05, 4.69) is 17.0 Å². The molecule has 188 valence electrons. The molecule has 0 spiro atoms. The van der Waals surface area contributed by atoms with E-state index >= 15 is 0 Å². The number of carbonyl (C=O) groups excluding carboxylic acids is 1. The molecule has 0 saturated heterocycles. The minimum Gasteiger partial charge on any atom is -0.490 e. The molecular weight excluding hydrogens is 476 g/mol. The third-order valence-corrected chi connectivity index (χ3v) is 6.39. The second kappa shape index (κ2) is 11.9. The van der Waals surface area contributed by atoms with Gasteiger partial charge in [-0.25, -0.2) is 0 Å². The largest absolute Gasteiger partial charge is 0.490 e. The van der Waals surface area contributed by atoms with Crippen LogP contribution in [-0.4, -0.2) is 46.8 Å². The lowest BCUT2D eigenvalue weighted by atomic mass is 10.1. The molecule has 9 heteroatoms. The summed E-state index contributed by atoms with van der Waals surface area (Å²) >= 11 is 1.36. The van der Waals surface area contributed by atoms with Crippen LogP contribution in [0.1, 0.15) is 44.2 Å². The molecule has 0 fully saturated rings. The average molecular weight is 507 g/mol. The first-order valence-corrected chi connectivity index (χ1v) is 12.9. The van der Waals surface area contributed by atoms with E-state index < -0.39 is 5.91 Å². The number of unbranched alkanes of at least 4 members (excludes halogenated alkanes) is 1. The van der Waals surface area contributed by atoms with Crippen molar-refractivity contribution in [3.05, 3.63) is 59.2 Å². The fourth-order valence-corrected chi connectivity index (χ4v) is 4.57. The maximum atomic E-state index is 12.7. The SMILES string of the molecule is CCCCC1=NN2C(=N)C(=Cc3ccc(OCCOc4cccc(C)c4)c(OCC)c3)C(=O)N=C2S1. The van der Waals surface area contributed by atoms with Crippen molar-refractivity contribution in [2.75, 3.05) is 19.8 Å². The van der Waals surface area contributed by atoms with E-state index in [1.54, 1.807) is 18.2 Å². The first-order valence-electron chi connectivity index (χ1n) is 12.1. The first kappa shape index (κ1) is 25.5. The molecule has 0 unspecified atom stereocenters. The number of nitrogens with one attached hydrogen (secondary N) is 1. The number of hydrogen-bond acceptors (Lipinski definition) is 7. The van der Waals surface area contributed by atoms with E-state index in [-0.39, 0.29) is 11.4 Å². The van der Waals surface area contributed by atoms with Crippen molar-refractivity contribution >= 4 is 39.8 Å².